The summed E-state index contributed by atoms with van der Waals surface area (Å²) in [5, 5.41) is 5.24. The molecule has 3 aromatic rings. The Kier molecular flexibility index (Phi) is 8.34. The summed E-state index contributed by atoms with van der Waals surface area (Å²) in [6, 6.07) is 21.0. The zero-order valence-electron chi connectivity index (χ0n) is 19.1. The number of ether oxygens (including phenoxy) is 1. The molecule has 0 fully saturated rings. The van der Waals surface area contributed by atoms with E-state index in [0.29, 0.717) is 16.9 Å². The maximum atomic E-state index is 12.9. The minimum absolute atomic E-state index is 0.101. The van der Waals surface area contributed by atoms with Crippen LogP contribution in [0.5, 0.6) is 0 Å². The fourth-order valence-corrected chi connectivity index (χ4v) is 4.05. The van der Waals surface area contributed by atoms with Gasteiger partial charge in [0, 0.05) is 23.9 Å². The van der Waals surface area contributed by atoms with E-state index in [0.717, 1.165) is 5.56 Å². The molecule has 0 aromatic heterocycles. The van der Waals surface area contributed by atoms with Crippen molar-refractivity contribution in [2.45, 2.75) is 24.8 Å². The molecule has 3 N–H and O–H groups in total. The van der Waals surface area contributed by atoms with Crippen molar-refractivity contribution in [1.82, 2.24) is 4.72 Å². The number of carbonyl (C=O) groups is 3. The molecule has 0 aliphatic rings. The Hall–Kier alpha value is -4.02. The largest absolute Gasteiger partial charge is 0.446 e. The summed E-state index contributed by atoms with van der Waals surface area (Å²) < 4.78 is 32.6. The van der Waals surface area contributed by atoms with Crippen LogP contribution < -0.4 is 15.4 Å². The van der Waals surface area contributed by atoms with E-state index in [9.17, 15) is 22.8 Å². The Morgan fingerprint density at radius 3 is 2.00 bits per heavy atom. The summed E-state index contributed by atoms with van der Waals surface area (Å²) in [4.78, 5) is 36.4. The summed E-state index contributed by atoms with van der Waals surface area (Å²) in [6.07, 6.45) is -1.29. The Morgan fingerprint density at radius 2 is 1.40 bits per heavy atom. The van der Waals surface area contributed by atoms with Crippen LogP contribution in [0, 0.1) is 6.92 Å². The molecule has 1 atom stereocenters. The molecule has 35 heavy (non-hydrogen) atoms. The van der Waals surface area contributed by atoms with E-state index in [1.807, 2.05) is 19.1 Å². The van der Waals surface area contributed by atoms with Crippen LogP contribution in [0.15, 0.2) is 83.8 Å². The molecule has 0 spiro atoms. The number of benzene rings is 3. The zero-order valence-corrected chi connectivity index (χ0v) is 20.0. The average Bonchev–Trinajstić information content (AvgIpc) is 2.83. The van der Waals surface area contributed by atoms with Crippen LogP contribution in [-0.2, 0) is 29.1 Å². The van der Waals surface area contributed by atoms with Crippen molar-refractivity contribution < 1.29 is 27.5 Å². The first-order valence-corrected chi connectivity index (χ1v) is 12.1. The standard InChI is InChI=1S/C25H25N3O6S/c1-17-8-10-21(11-9-17)28-25(31)24(19-6-4-3-5-7-19)34-23(30)16-26-35(32,33)22-14-12-20(13-15-22)27-18(2)29/h3-15,24,26H,16H2,1-2H3,(H,27,29)(H,28,31). The van der Waals surface area contributed by atoms with E-state index in [1.165, 1.54) is 31.2 Å². The molecule has 2 amide bonds. The van der Waals surface area contributed by atoms with Gasteiger partial charge < -0.3 is 15.4 Å². The molecule has 182 valence electrons. The van der Waals surface area contributed by atoms with E-state index < -0.39 is 34.5 Å². The Labute approximate surface area is 203 Å². The summed E-state index contributed by atoms with van der Waals surface area (Å²) in [5.41, 5.74) is 2.41. The SMILES string of the molecule is CC(=O)Nc1ccc(S(=O)(=O)NCC(=O)OC(C(=O)Nc2ccc(C)cc2)c2ccccc2)cc1. The van der Waals surface area contributed by atoms with E-state index in [1.54, 1.807) is 42.5 Å². The van der Waals surface area contributed by atoms with Gasteiger partial charge >= 0.3 is 5.97 Å². The monoisotopic (exact) mass is 495 g/mol. The van der Waals surface area contributed by atoms with E-state index >= 15 is 0 Å². The number of anilines is 2. The summed E-state index contributed by atoms with van der Waals surface area (Å²) >= 11 is 0. The Bertz CT molecular complexity index is 1290. The molecule has 3 rings (SSSR count). The van der Waals surface area contributed by atoms with E-state index in [4.69, 9.17) is 4.74 Å². The molecule has 10 heteroatoms. The number of sulfonamides is 1. The second-order valence-corrected chi connectivity index (χ2v) is 9.43. The highest BCUT2D eigenvalue weighted by Gasteiger charge is 2.26. The molecule has 0 aliphatic heterocycles. The lowest BCUT2D eigenvalue weighted by molar-refractivity contribution is -0.153. The van der Waals surface area contributed by atoms with Gasteiger partial charge in [-0.2, -0.15) is 4.72 Å². The fourth-order valence-electron chi connectivity index (χ4n) is 3.08. The third-order valence-corrected chi connectivity index (χ3v) is 6.22. The van der Waals surface area contributed by atoms with Gasteiger partial charge in [0.25, 0.3) is 5.91 Å². The molecule has 0 saturated carbocycles. The second kappa shape index (κ2) is 11.4. The van der Waals surface area contributed by atoms with Crippen LogP contribution in [0.4, 0.5) is 11.4 Å². The number of nitrogens with one attached hydrogen (secondary N) is 3. The maximum absolute atomic E-state index is 12.9. The van der Waals surface area contributed by atoms with Crippen molar-refractivity contribution >= 4 is 39.2 Å². The average molecular weight is 496 g/mol. The second-order valence-electron chi connectivity index (χ2n) is 7.67. The first-order chi connectivity index (χ1) is 16.6. The van der Waals surface area contributed by atoms with Crippen molar-refractivity contribution in [1.29, 1.82) is 0 Å². The molecule has 0 saturated heterocycles. The summed E-state index contributed by atoms with van der Waals surface area (Å²) in [5.74, 6) is -1.80. The normalized spacial score (nSPS) is 11.8. The van der Waals surface area contributed by atoms with Gasteiger partial charge in [0.1, 0.15) is 6.54 Å². The minimum Gasteiger partial charge on any atom is -0.446 e. The highest BCUT2D eigenvalue weighted by atomic mass is 32.2. The Balaban J connectivity index is 1.67. The van der Waals surface area contributed by atoms with Crippen LogP contribution in [0.1, 0.15) is 24.2 Å². The topological polar surface area (TPSA) is 131 Å². The third-order valence-electron chi connectivity index (χ3n) is 4.80. The molecule has 0 aliphatic carbocycles. The number of hydrogen-bond donors (Lipinski definition) is 3. The minimum atomic E-state index is -4.04. The smallest absolute Gasteiger partial charge is 0.322 e. The quantitative estimate of drug-likeness (QED) is 0.391. The third kappa shape index (κ3) is 7.49. The van der Waals surface area contributed by atoms with Crippen LogP contribution in [0.25, 0.3) is 0 Å². The first-order valence-electron chi connectivity index (χ1n) is 10.6. The number of esters is 1. The van der Waals surface area contributed by atoms with Gasteiger partial charge in [0.2, 0.25) is 22.0 Å². The van der Waals surface area contributed by atoms with Crippen molar-refractivity contribution in [3.05, 3.63) is 90.0 Å². The van der Waals surface area contributed by atoms with Gasteiger partial charge in [-0.25, -0.2) is 8.42 Å². The van der Waals surface area contributed by atoms with Gasteiger partial charge in [0.05, 0.1) is 4.90 Å². The van der Waals surface area contributed by atoms with Crippen molar-refractivity contribution in [2.75, 3.05) is 17.2 Å². The molecule has 0 radical (unpaired) electrons. The van der Waals surface area contributed by atoms with Crippen LogP contribution in [-0.4, -0.2) is 32.7 Å². The van der Waals surface area contributed by atoms with Gasteiger partial charge in [-0.3, -0.25) is 14.4 Å². The lowest BCUT2D eigenvalue weighted by Gasteiger charge is -2.18. The maximum Gasteiger partial charge on any atom is 0.322 e. The van der Waals surface area contributed by atoms with Crippen LogP contribution in [0.3, 0.4) is 0 Å². The van der Waals surface area contributed by atoms with Gasteiger partial charge in [-0.15, -0.1) is 0 Å². The van der Waals surface area contributed by atoms with Crippen molar-refractivity contribution in [3.63, 3.8) is 0 Å². The van der Waals surface area contributed by atoms with Gasteiger partial charge in [-0.1, -0.05) is 48.0 Å². The number of aryl methyl sites for hydroxylation is 1. The fraction of sp³-hybridized carbons (Fsp3) is 0.160. The summed E-state index contributed by atoms with van der Waals surface area (Å²) in [7, 11) is -4.04. The van der Waals surface area contributed by atoms with Crippen molar-refractivity contribution in [2.24, 2.45) is 0 Å². The number of amides is 2. The number of rotatable bonds is 9. The molecular formula is C25H25N3O6S. The molecule has 0 bridgehead atoms. The summed E-state index contributed by atoms with van der Waals surface area (Å²) in [6.45, 7) is 2.57. The molecule has 9 nitrogen and oxygen atoms in total. The van der Waals surface area contributed by atoms with Crippen molar-refractivity contribution in [3.8, 4) is 0 Å². The number of carbonyl (C=O) groups excluding carboxylic acids is 3. The highest BCUT2D eigenvalue weighted by Crippen LogP contribution is 2.21. The van der Waals surface area contributed by atoms with E-state index in [2.05, 4.69) is 15.4 Å². The van der Waals surface area contributed by atoms with Gasteiger partial charge in [0.15, 0.2) is 0 Å². The Morgan fingerprint density at radius 1 is 0.829 bits per heavy atom. The zero-order chi connectivity index (χ0) is 25.4. The van der Waals surface area contributed by atoms with E-state index in [-0.39, 0.29) is 10.8 Å². The van der Waals surface area contributed by atoms with Crippen LogP contribution in [0.2, 0.25) is 0 Å². The van der Waals surface area contributed by atoms with Gasteiger partial charge in [-0.05, 0) is 43.3 Å². The predicted octanol–water partition coefficient (Wildman–Crippen LogP) is 3.15. The lowest BCUT2D eigenvalue weighted by atomic mass is 10.1. The molecular weight excluding hydrogens is 470 g/mol. The number of hydrogen-bond acceptors (Lipinski definition) is 6. The van der Waals surface area contributed by atoms with Crippen LogP contribution >= 0.6 is 0 Å². The molecule has 1 unspecified atom stereocenters. The molecule has 3 aromatic carbocycles. The molecule has 0 heterocycles. The predicted molar refractivity (Wildman–Crippen MR) is 131 cm³/mol. The lowest BCUT2D eigenvalue weighted by Crippen LogP contribution is -2.33. The highest BCUT2D eigenvalue weighted by molar-refractivity contribution is 7.89. The first kappa shape index (κ1) is 25.6.